The summed E-state index contributed by atoms with van der Waals surface area (Å²) >= 11 is 0. The maximum absolute atomic E-state index is 10.4. The molecule has 0 aliphatic heterocycles. The second-order valence-electron chi connectivity index (χ2n) is 4.57. The van der Waals surface area contributed by atoms with Gasteiger partial charge in [0.25, 0.3) is 0 Å². The van der Waals surface area contributed by atoms with Crippen LogP contribution in [0.2, 0.25) is 0 Å². The summed E-state index contributed by atoms with van der Waals surface area (Å²) in [5.41, 5.74) is 2.03. The normalized spacial score (nSPS) is 9.58. The molecule has 0 aliphatic rings. The van der Waals surface area contributed by atoms with Crippen LogP contribution in [0.1, 0.15) is 26.4 Å². The average Bonchev–Trinajstić information content (AvgIpc) is 3.00. The van der Waals surface area contributed by atoms with Crippen LogP contribution >= 0.6 is 0 Å². The van der Waals surface area contributed by atoms with E-state index in [-0.39, 0.29) is 37.0 Å². The van der Waals surface area contributed by atoms with Crippen molar-refractivity contribution >= 4 is 18.0 Å². The molecule has 1 aromatic heterocycles. The smallest absolute Gasteiger partial charge is 1.00 e. The molecular formula is C17H21N2NaO4. The Morgan fingerprint density at radius 3 is 2.42 bits per heavy atom. The second-order valence-corrected chi connectivity index (χ2v) is 4.57. The fourth-order valence-corrected chi connectivity index (χ4v) is 1.70. The Hall–Kier alpha value is -1.89. The van der Waals surface area contributed by atoms with Gasteiger partial charge in [0.1, 0.15) is 0 Å². The number of esters is 1. The number of rotatable bonds is 5. The molecule has 0 spiro atoms. The Labute approximate surface area is 164 Å². The van der Waals surface area contributed by atoms with Crippen LogP contribution < -0.4 is 29.6 Å². The van der Waals surface area contributed by atoms with Gasteiger partial charge in [0.2, 0.25) is 0 Å². The van der Waals surface area contributed by atoms with Crippen LogP contribution in [0.15, 0.2) is 49.1 Å². The number of carboxylic acids is 1. The Bertz CT molecular complexity index is 643. The molecule has 0 fully saturated rings. The van der Waals surface area contributed by atoms with Crippen LogP contribution in [0.4, 0.5) is 0 Å². The Kier molecular flexibility index (Phi) is 11.5. The van der Waals surface area contributed by atoms with Gasteiger partial charge in [0.05, 0.1) is 12.9 Å². The van der Waals surface area contributed by atoms with Gasteiger partial charge in [0.15, 0.2) is 0 Å². The van der Waals surface area contributed by atoms with E-state index in [2.05, 4.69) is 9.72 Å². The number of hydrogen-bond donors (Lipinski definition) is 1. The van der Waals surface area contributed by atoms with Crippen molar-refractivity contribution in [2.24, 2.45) is 0 Å². The largest absolute Gasteiger partial charge is 1.00 e. The minimum absolute atomic E-state index is 0. The van der Waals surface area contributed by atoms with Crippen molar-refractivity contribution in [3.63, 3.8) is 0 Å². The van der Waals surface area contributed by atoms with E-state index in [1.165, 1.54) is 6.92 Å². The molecule has 0 saturated carbocycles. The third-order valence-corrected chi connectivity index (χ3v) is 2.67. The molecule has 1 heterocycles. The van der Waals surface area contributed by atoms with Gasteiger partial charge in [0, 0.05) is 31.9 Å². The fraction of sp³-hybridized carbons (Fsp3) is 0.235. The first-order chi connectivity index (χ1) is 11.0. The molecule has 7 heteroatoms. The Balaban J connectivity index is 0. The van der Waals surface area contributed by atoms with Crippen LogP contribution in [-0.2, 0) is 20.9 Å². The Morgan fingerprint density at radius 1 is 1.33 bits per heavy atom. The molecule has 0 aliphatic carbocycles. The van der Waals surface area contributed by atoms with Crippen molar-refractivity contribution in [3.8, 4) is 0 Å². The van der Waals surface area contributed by atoms with Crippen molar-refractivity contribution in [3.05, 3.63) is 60.2 Å². The number of carboxylic acid groups (broad SMARTS) is 1. The summed E-state index contributed by atoms with van der Waals surface area (Å²) in [6.45, 7) is 4.42. The zero-order chi connectivity index (χ0) is 17.1. The average molecular weight is 340 g/mol. The van der Waals surface area contributed by atoms with E-state index in [0.717, 1.165) is 23.7 Å². The van der Waals surface area contributed by atoms with Crippen molar-refractivity contribution < 1.29 is 50.4 Å². The van der Waals surface area contributed by atoms with E-state index in [1.807, 2.05) is 35.0 Å². The molecule has 6 nitrogen and oxygen atoms in total. The zero-order valence-corrected chi connectivity index (χ0v) is 16.2. The van der Waals surface area contributed by atoms with E-state index in [1.54, 1.807) is 25.5 Å². The minimum Gasteiger partial charge on any atom is -1.00 e. The van der Waals surface area contributed by atoms with E-state index < -0.39 is 5.97 Å². The van der Waals surface area contributed by atoms with Gasteiger partial charge in [-0.1, -0.05) is 24.3 Å². The summed E-state index contributed by atoms with van der Waals surface area (Å²) in [5, 5.41) is 8.50. The standard InChI is InChI=1S/C13H12N2O2.C4H8O2.Na.H/c16-13(17)6-5-11-1-3-12(4-2-11)9-15-8-7-14-10-15;1-3-6-4(2)5;;/h1-8,10H,9H2,(H,16,17);3H2,1-2H3;;/q;;+1;-1/b6-5+;;;. The number of ether oxygens (including phenoxy) is 1. The predicted molar refractivity (Wildman–Crippen MR) is 87.9 cm³/mol. The molecule has 1 aromatic carbocycles. The topological polar surface area (TPSA) is 81.4 Å². The molecule has 0 amide bonds. The summed E-state index contributed by atoms with van der Waals surface area (Å²) in [4.78, 5) is 24.1. The van der Waals surface area contributed by atoms with Gasteiger partial charge in [-0.2, -0.15) is 0 Å². The maximum Gasteiger partial charge on any atom is 1.00 e. The third kappa shape index (κ3) is 9.99. The molecule has 0 radical (unpaired) electrons. The molecule has 124 valence electrons. The number of hydrogen-bond acceptors (Lipinski definition) is 4. The van der Waals surface area contributed by atoms with Gasteiger partial charge in [-0.05, 0) is 24.1 Å². The number of aromatic nitrogens is 2. The van der Waals surface area contributed by atoms with Crippen molar-refractivity contribution in [1.29, 1.82) is 0 Å². The SMILES string of the molecule is CCOC(C)=O.O=C(O)/C=C/c1ccc(Cn2ccnc2)cc1.[H-].[Na+]. The quantitative estimate of drug-likeness (QED) is 0.460. The minimum atomic E-state index is -0.938. The van der Waals surface area contributed by atoms with E-state index in [0.29, 0.717) is 6.61 Å². The van der Waals surface area contributed by atoms with Gasteiger partial charge in [-0.15, -0.1) is 0 Å². The molecule has 0 unspecified atom stereocenters. The zero-order valence-electron chi connectivity index (χ0n) is 15.2. The Morgan fingerprint density at radius 2 is 2.00 bits per heavy atom. The molecule has 0 atom stereocenters. The summed E-state index contributed by atoms with van der Waals surface area (Å²) in [6, 6.07) is 7.74. The summed E-state index contributed by atoms with van der Waals surface area (Å²) in [7, 11) is 0. The monoisotopic (exact) mass is 340 g/mol. The summed E-state index contributed by atoms with van der Waals surface area (Å²) in [5.74, 6) is -1.15. The number of nitrogens with zero attached hydrogens (tertiary/aromatic N) is 2. The number of carbonyl (C=O) groups excluding carboxylic acids is 1. The van der Waals surface area contributed by atoms with Crippen LogP contribution in [0.3, 0.4) is 0 Å². The molecule has 2 aromatic rings. The predicted octanol–water partition coefficient (Wildman–Crippen LogP) is -0.285. The first-order valence-electron chi connectivity index (χ1n) is 7.10. The molecule has 0 saturated heterocycles. The number of carbonyl (C=O) groups is 2. The first-order valence-corrected chi connectivity index (χ1v) is 7.10. The summed E-state index contributed by atoms with van der Waals surface area (Å²) in [6.07, 6.45) is 8.11. The van der Waals surface area contributed by atoms with E-state index in [9.17, 15) is 9.59 Å². The molecule has 1 N–H and O–H groups in total. The molecule has 24 heavy (non-hydrogen) atoms. The van der Waals surface area contributed by atoms with Crippen LogP contribution in [-0.4, -0.2) is 33.2 Å². The van der Waals surface area contributed by atoms with Crippen LogP contribution in [0.5, 0.6) is 0 Å². The van der Waals surface area contributed by atoms with E-state index >= 15 is 0 Å². The third-order valence-electron chi connectivity index (χ3n) is 2.67. The van der Waals surface area contributed by atoms with Gasteiger partial charge in [-0.3, -0.25) is 4.79 Å². The van der Waals surface area contributed by atoms with Gasteiger partial charge < -0.3 is 15.8 Å². The van der Waals surface area contributed by atoms with Crippen LogP contribution in [0, 0.1) is 0 Å². The van der Waals surface area contributed by atoms with Crippen molar-refractivity contribution in [2.75, 3.05) is 6.61 Å². The van der Waals surface area contributed by atoms with Gasteiger partial charge >= 0.3 is 41.5 Å². The van der Waals surface area contributed by atoms with Crippen molar-refractivity contribution in [2.45, 2.75) is 20.4 Å². The first kappa shape index (κ1) is 22.1. The number of imidazole rings is 1. The van der Waals surface area contributed by atoms with Gasteiger partial charge in [-0.25, -0.2) is 9.78 Å². The maximum atomic E-state index is 10.4. The second kappa shape index (κ2) is 12.5. The van der Waals surface area contributed by atoms with Crippen LogP contribution in [0.25, 0.3) is 6.08 Å². The fourth-order valence-electron chi connectivity index (χ4n) is 1.70. The number of aliphatic carboxylic acids is 1. The number of benzene rings is 1. The van der Waals surface area contributed by atoms with E-state index in [4.69, 9.17) is 5.11 Å². The molecule has 2 rings (SSSR count). The summed E-state index contributed by atoms with van der Waals surface area (Å²) < 4.78 is 6.38. The molecular weight excluding hydrogens is 319 g/mol. The van der Waals surface area contributed by atoms with Crippen molar-refractivity contribution in [1.82, 2.24) is 9.55 Å². The molecule has 0 bridgehead atoms.